The Kier molecular flexibility index (Phi) is 6.50. The molecule has 1 heterocycles. The summed E-state index contributed by atoms with van der Waals surface area (Å²) in [4.78, 5) is 25.9. The Morgan fingerprint density at radius 1 is 1.36 bits per heavy atom. The Labute approximate surface area is 178 Å². The lowest BCUT2D eigenvalue weighted by atomic mass is 10.0. The van der Waals surface area contributed by atoms with Gasteiger partial charge in [0.15, 0.2) is 0 Å². The summed E-state index contributed by atoms with van der Waals surface area (Å²) >= 11 is 9.53. The standard InChI is InChI=1S/C21H25BrClN3O2/c1-4-10-24-26-13(3)17(12(2)18(22)21(26)28)20(27)25-19(14-8-9-14)15-6-5-7-16(23)11-15/h5-7,11,14,19,24H,4,8-10H2,1-3H3,(H,25,27)/t19-/m0/s1. The summed E-state index contributed by atoms with van der Waals surface area (Å²) < 4.78 is 1.86. The zero-order valence-electron chi connectivity index (χ0n) is 16.3. The summed E-state index contributed by atoms with van der Waals surface area (Å²) in [6, 6.07) is 7.55. The van der Waals surface area contributed by atoms with Crippen molar-refractivity contribution in [1.29, 1.82) is 0 Å². The zero-order valence-corrected chi connectivity index (χ0v) is 18.7. The molecule has 1 atom stereocenters. The van der Waals surface area contributed by atoms with Crippen molar-refractivity contribution >= 4 is 33.4 Å². The molecular weight excluding hydrogens is 442 g/mol. The molecule has 1 aromatic carbocycles. The van der Waals surface area contributed by atoms with Crippen molar-refractivity contribution in [3.8, 4) is 0 Å². The number of aromatic nitrogens is 1. The van der Waals surface area contributed by atoms with Gasteiger partial charge in [-0.15, -0.1) is 0 Å². The van der Waals surface area contributed by atoms with E-state index in [1.807, 2.05) is 31.2 Å². The lowest BCUT2D eigenvalue weighted by Crippen LogP contribution is -2.37. The zero-order chi connectivity index (χ0) is 20.4. The van der Waals surface area contributed by atoms with Gasteiger partial charge in [-0.3, -0.25) is 9.59 Å². The van der Waals surface area contributed by atoms with E-state index in [4.69, 9.17) is 11.6 Å². The molecule has 0 bridgehead atoms. The number of benzene rings is 1. The predicted molar refractivity (Wildman–Crippen MR) is 117 cm³/mol. The lowest BCUT2D eigenvalue weighted by Gasteiger charge is -2.22. The van der Waals surface area contributed by atoms with E-state index in [0.717, 1.165) is 24.8 Å². The number of pyridine rings is 1. The van der Waals surface area contributed by atoms with Crippen LogP contribution in [-0.2, 0) is 0 Å². The van der Waals surface area contributed by atoms with Gasteiger partial charge >= 0.3 is 0 Å². The van der Waals surface area contributed by atoms with E-state index in [-0.39, 0.29) is 17.5 Å². The molecule has 1 aromatic heterocycles. The fourth-order valence-corrected chi connectivity index (χ4v) is 4.04. The third-order valence-corrected chi connectivity index (χ3v) is 6.30. The van der Waals surface area contributed by atoms with E-state index in [1.165, 1.54) is 4.68 Å². The number of hydrogen-bond donors (Lipinski definition) is 2. The Morgan fingerprint density at radius 2 is 2.07 bits per heavy atom. The minimum absolute atomic E-state index is 0.0900. The molecule has 1 aliphatic rings. The molecule has 1 aliphatic carbocycles. The van der Waals surface area contributed by atoms with E-state index in [0.29, 0.717) is 38.8 Å². The second kappa shape index (κ2) is 8.70. The fraction of sp³-hybridized carbons (Fsp3) is 0.429. The molecule has 1 saturated carbocycles. The summed E-state index contributed by atoms with van der Waals surface area (Å²) in [6.07, 6.45) is 3.03. The van der Waals surface area contributed by atoms with E-state index >= 15 is 0 Å². The second-order valence-corrected chi connectivity index (χ2v) is 8.52. The molecule has 0 spiro atoms. The van der Waals surface area contributed by atoms with Gasteiger partial charge in [0.05, 0.1) is 21.8 Å². The van der Waals surface area contributed by atoms with Crippen molar-refractivity contribution in [2.45, 2.75) is 46.1 Å². The molecule has 0 saturated heterocycles. The van der Waals surface area contributed by atoms with Gasteiger partial charge in [-0.2, -0.15) is 0 Å². The van der Waals surface area contributed by atoms with Crippen molar-refractivity contribution < 1.29 is 4.79 Å². The second-order valence-electron chi connectivity index (χ2n) is 7.29. The highest BCUT2D eigenvalue weighted by Crippen LogP contribution is 2.41. The average molecular weight is 467 g/mol. The van der Waals surface area contributed by atoms with Crippen LogP contribution in [-0.4, -0.2) is 17.1 Å². The van der Waals surface area contributed by atoms with Gasteiger partial charge in [0, 0.05) is 11.6 Å². The quantitative estimate of drug-likeness (QED) is 0.621. The number of nitrogens with zero attached hydrogens (tertiary/aromatic N) is 1. The number of carbonyl (C=O) groups excluding carboxylic acids is 1. The first kappa shape index (κ1) is 20.9. The molecule has 0 aliphatic heterocycles. The smallest absolute Gasteiger partial charge is 0.283 e. The van der Waals surface area contributed by atoms with Crippen LogP contribution in [0.15, 0.2) is 33.5 Å². The van der Waals surface area contributed by atoms with Gasteiger partial charge < -0.3 is 10.7 Å². The molecule has 0 unspecified atom stereocenters. The molecule has 3 rings (SSSR count). The molecule has 0 radical (unpaired) electrons. The van der Waals surface area contributed by atoms with Gasteiger partial charge in [0.25, 0.3) is 11.5 Å². The highest BCUT2D eigenvalue weighted by Gasteiger charge is 2.34. The predicted octanol–water partition coefficient (Wildman–Crippen LogP) is 4.72. The molecule has 1 fully saturated rings. The number of carbonyl (C=O) groups is 1. The Hall–Kier alpha value is -1.79. The van der Waals surface area contributed by atoms with Crippen LogP contribution in [0.5, 0.6) is 0 Å². The molecular formula is C21H25BrClN3O2. The Balaban J connectivity index is 1.97. The molecule has 5 nitrogen and oxygen atoms in total. The van der Waals surface area contributed by atoms with Crippen LogP contribution in [0.1, 0.15) is 59.4 Å². The van der Waals surface area contributed by atoms with Crippen LogP contribution in [0, 0.1) is 19.8 Å². The van der Waals surface area contributed by atoms with Crippen molar-refractivity contribution in [3.05, 3.63) is 66.5 Å². The van der Waals surface area contributed by atoms with Crippen molar-refractivity contribution in [3.63, 3.8) is 0 Å². The monoisotopic (exact) mass is 465 g/mol. The third-order valence-electron chi connectivity index (χ3n) is 5.13. The van der Waals surface area contributed by atoms with Gasteiger partial charge in [-0.1, -0.05) is 30.7 Å². The minimum Gasteiger partial charge on any atom is -0.345 e. The van der Waals surface area contributed by atoms with Gasteiger partial charge in [-0.25, -0.2) is 4.68 Å². The molecule has 7 heteroatoms. The van der Waals surface area contributed by atoms with Crippen LogP contribution in [0.25, 0.3) is 0 Å². The first-order chi connectivity index (χ1) is 13.3. The SMILES string of the molecule is CCCNn1c(C)c(C(=O)N[C@H](c2cccc(Cl)c2)C2CC2)c(C)c(Br)c1=O. The number of rotatable bonds is 7. The maximum absolute atomic E-state index is 13.3. The number of amides is 1. The molecule has 2 aromatic rings. The Morgan fingerprint density at radius 3 is 2.68 bits per heavy atom. The van der Waals surface area contributed by atoms with E-state index in [1.54, 1.807) is 13.8 Å². The van der Waals surface area contributed by atoms with Crippen LogP contribution in [0.3, 0.4) is 0 Å². The number of nitrogens with one attached hydrogen (secondary N) is 2. The molecule has 1 amide bonds. The fourth-order valence-electron chi connectivity index (χ4n) is 3.47. The molecule has 2 N–H and O–H groups in total. The number of hydrogen-bond acceptors (Lipinski definition) is 3. The molecule has 28 heavy (non-hydrogen) atoms. The summed E-state index contributed by atoms with van der Waals surface area (Å²) in [7, 11) is 0. The highest BCUT2D eigenvalue weighted by molar-refractivity contribution is 9.10. The normalized spacial score (nSPS) is 14.6. The van der Waals surface area contributed by atoms with Crippen LogP contribution in [0.4, 0.5) is 0 Å². The summed E-state index contributed by atoms with van der Waals surface area (Å²) in [6.45, 7) is 6.26. The van der Waals surface area contributed by atoms with Crippen LogP contribution < -0.4 is 16.3 Å². The van der Waals surface area contributed by atoms with Crippen molar-refractivity contribution in [1.82, 2.24) is 9.99 Å². The van der Waals surface area contributed by atoms with Crippen molar-refractivity contribution in [2.75, 3.05) is 12.0 Å². The Bertz CT molecular complexity index is 953. The van der Waals surface area contributed by atoms with Gasteiger partial charge in [0.2, 0.25) is 0 Å². The first-order valence-electron chi connectivity index (χ1n) is 9.57. The number of halogens is 2. The third kappa shape index (κ3) is 4.28. The van der Waals surface area contributed by atoms with Crippen LogP contribution in [0.2, 0.25) is 5.02 Å². The largest absolute Gasteiger partial charge is 0.345 e. The topological polar surface area (TPSA) is 63.1 Å². The van der Waals surface area contributed by atoms with Gasteiger partial charge in [0.1, 0.15) is 0 Å². The minimum atomic E-state index is -0.186. The average Bonchev–Trinajstić information content (AvgIpc) is 3.49. The van der Waals surface area contributed by atoms with E-state index < -0.39 is 0 Å². The highest BCUT2D eigenvalue weighted by atomic mass is 79.9. The first-order valence-corrected chi connectivity index (χ1v) is 10.7. The van der Waals surface area contributed by atoms with E-state index in [9.17, 15) is 9.59 Å². The van der Waals surface area contributed by atoms with Crippen molar-refractivity contribution in [2.24, 2.45) is 5.92 Å². The molecule has 150 valence electrons. The summed E-state index contributed by atoms with van der Waals surface area (Å²) in [5.41, 5.74) is 5.69. The van der Waals surface area contributed by atoms with E-state index in [2.05, 4.69) is 26.7 Å². The maximum Gasteiger partial charge on any atom is 0.283 e. The lowest BCUT2D eigenvalue weighted by molar-refractivity contribution is 0.0929. The van der Waals surface area contributed by atoms with Gasteiger partial charge in [-0.05, 0) is 78.2 Å². The maximum atomic E-state index is 13.3. The van der Waals surface area contributed by atoms with Crippen LogP contribution >= 0.6 is 27.5 Å². The summed E-state index contributed by atoms with van der Waals surface area (Å²) in [5.74, 6) is 0.232. The summed E-state index contributed by atoms with van der Waals surface area (Å²) in [5, 5.41) is 3.85.